The second-order valence-corrected chi connectivity index (χ2v) is 8.57. The van der Waals surface area contributed by atoms with Gasteiger partial charge < -0.3 is 20.0 Å². The Morgan fingerprint density at radius 2 is 1.84 bits per heavy atom. The number of hydrogen-bond donors (Lipinski definition) is 1. The van der Waals surface area contributed by atoms with E-state index in [1.165, 1.54) is 0 Å². The van der Waals surface area contributed by atoms with E-state index in [1.807, 2.05) is 61.5 Å². The summed E-state index contributed by atoms with van der Waals surface area (Å²) in [5, 5.41) is 3.59. The Kier molecular flexibility index (Phi) is 6.30. The average Bonchev–Trinajstić information content (AvgIpc) is 3.05. The fourth-order valence-corrected chi connectivity index (χ4v) is 4.37. The summed E-state index contributed by atoms with van der Waals surface area (Å²) >= 11 is 6.23. The second-order valence-electron chi connectivity index (χ2n) is 8.17. The number of carbonyl (C=O) groups is 2. The number of amides is 1. The predicted octanol–water partition coefficient (Wildman–Crippen LogP) is 3.42. The maximum absolute atomic E-state index is 13.2. The molecule has 31 heavy (non-hydrogen) atoms. The molecule has 0 spiro atoms. The van der Waals surface area contributed by atoms with E-state index < -0.39 is 6.04 Å². The molecule has 4 rings (SSSR count). The summed E-state index contributed by atoms with van der Waals surface area (Å²) in [6.07, 6.45) is 2.77. The predicted molar refractivity (Wildman–Crippen MR) is 124 cm³/mol. The van der Waals surface area contributed by atoms with Crippen LogP contribution in [-0.4, -0.2) is 49.8 Å². The quantitative estimate of drug-likeness (QED) is 0.717. The van der Waals surface area contributed by atoms with Crippen molar-refractivity contribution in [2.24, 2.45) is 0 Å². The summed E-state index contributed by atoms with van der Waals surface area (Å²) in [4.78, 5) is 32.1. The van der Waals surface area contributed by atoms with Crippen LogP contribution in [0, 0.1) is 0 Å². The van der Waals surface area contributed by atoms with E-state index in [9.17, 15) is 9.59 Å². The van der Waals surface area contributed by atoms with Crippen molar-refractivity contribution in [2.75, 3.05) is 37.0 Å². The molecule has 162 valence electrons. The van der Waals surface area contributed by atoms with Crippen molar-refractivity contribution in [2.45, 2.75) is 25.4 Å². The maximum atomic E-state index is 13.2. The van der Waals surface area contributed by atoms with Crippen LogP contribution in [0.25, 0.3) is 0 Å². The zero-order valence-corrected chi connectivity index (χ0v) is 18.6. The molecule has 0 aromatic heterocycles. The molecule has 0 saturated carbocycles. The van der Waals surface area contributed by atoms with Gasteiger partial charge in [0.05, 0.1) is 11.4 Å². The third-order valence-corrected chi connectivity index (χ3v) is 6.02. The van der Waals surface area contributed by atoms with Gasteiger partial charge in [-0.05, 0) is 50.8 Å². The molecule has 6 nitrogen and oxygen atoms in total. The highest BCUT2D eigenvalue weighted by molar-refractivity contribution is 6.31. The molecule has 2 aliphatic heterocycles. The minimum absolute atomic E-state index is 0.0328. The number of rotatable bonds is 7. The van der Waals surface area contributed by atoms with Crippen LogP contribution in [0.4, 0.5) is 11.4 Å². The number of carbonyl (C=O) groups excluding carboxylic acids is 2. The van der Waals surface area contributed by atoms with E-state index in [-0.39, 0.29) is 18.1 Å². The van der Waals surface area contributed by atoms with E-state index in [1.54, 1.807) is 12.1 Å². The van der Waals surface area contributed by atoms with Gasteiger partial charge in [-0.1, -0.05) is 41.9 Å². The molecular weight excluding hydrogens is 412 g/mol. The van der Waals surface area contributed by atoms with Crippen LogP contribution in [0.1, 0.15) is 18.4 Å². The first-order chi connectivity index (χ1) is 15.0. The van der Waals surface area contributed by atoms with Gasteiger partial charge in [0.25, 0.3) is 0 Å². The van der Waals surface area contributed by atoms with Crippen molar-refractivity contribution in [1.82, 2.24) is 10.2 Å². The minimum atomic E-state index is -0.588. The minimum Gasteiger partial charge on any atom is -0.350 e. The van der Waals surface area contributed by atoms with E-state index >= 15 is 0 Å². The largest absolute Gasteiger partial charge is 0.350 e. The Hall–Kier alpha value is -2.83. The normalized spacial score (nSPS) is 17.5. The number of benzene rings is 2. The Morgan fingerprint density at radius 1 is 1.13 bits per heavy atom. The van der Waals surface area contributed by atoms with Gasteiger partial charge in [0.15, 0.2) is 5.78 Å². The molecule has 0 radical (unpaired) electrons. The molecule has 0 fully saturated rings. The summed E-state index contributed by atoms with van der Waals surface area (Å²) in [6, 6.07) is 14.9. The molecule has 1 atom stereocenters. The first-order valence-corrected chi connectivity index (χ1v) is 10.9. The topological polar surface area (TPSA) is 55.9 Å². The van der Waals surface area contributed by atoms with Crippen LogP contribution < -0.4 is 15.1 Å². The summed E-state index contributed by atoms with van der Waals surface area (Å²) in [6.45, 7) is 2.05. The van der Waals surface area contributed by atoms with Crippen LogP contribution in [0.5, 0.6) is 0 Å². The molecule has 1 N–H and O–H groups in total. The fourth-order valence-electron chi connectivity index (χ4n) is 4.16. The monoisotopic (exact) mass is 438 g/mol. The Labute approximate surface area is 188 Å². The van der Waals surface area contributed by atoms with E-state index in [2.05, 4.69) is 15.1 Å². The third kappa shape index (κ3) is 4.45. The van der Waals surface area contributed by atoms with Crippen molar-refractivity contribution in [3.63, 3.8) is 0 Å². The number of nitrogens with one attached hydrogen (secondary N) is 1. The third-order valence-electron chi connectivity index (χ3n) is 5.65. The number of para-hydroxylation sites is 2. The molecule has 2 aromatic carbocycles. The van der Waals surface area contributed by atoms with Gasteiger partial charge in [0, 0.05) is 30.6 Å². The second kappa shape index (κ2) is 9.12. The van der Waals surface area contributed by atoms with Gasteiger partial charge in [0.1, 0.15) is 11.9 Å². The smallest absolute Gasteiger partial charge is 0.243 e. The number of halogens is 1. The van der Waals surface area contributed by atoms with E-state index in [0.29, 0.717) is 11.6 Å². The van der Waals surface area contributed by atoms with Gasteiger partial charge in [-0.3, -0.25) is 9.59 Å². The van der Waals surface area contributed by atoms with Crippen LogP contribution in [-0.2, 0) is 16.1 Å². The number of ketones is 1. The Morgan fingerprint density at radius 3 is 2.58 bits per heavy atom. The molecule has 2 heterocycles. The summed E-state index contributed by atoms with van der Waals surface area (Å²) in [5.41, 5.74) is 2.85. The van der Waals surface area contributed by atoms with Gasteiger partial charge in [-0.2, -0.15) is 0 Å². The molecule has 1 unspecified atom stereocenters. The number of nitrogens with zero attached hydrogens (tertiary/aromatic N) is 3. The molecular formula is C24H27ClN4O2. The molecule has 0 saturated heterocycles. The SMILES string of the molecule is CN(C)CCCN1C2=CC(=O)CC(C(=O)NCc3ccccc3Cl)N2c2ccccc21. The lowest BCUT2D eigenvalue weighted by Crippen LogP contribution is -2.50. The first-order valence-electron chi connectivity index (χ1n) is 10.5. The molecule has 0 aliphatic carbocycles. The molecule has 7 heteroatoms. The summed E-state index contributed by atoms with van der Waals surface area (Å²) < 4.78 is 0. The molecule has 0 bridgehead atoms. The first kappa shape index (κ1) is 21.4. The highest BCUT2D eigenvalue weighted by Crippen LogP contribution is 2.44. The molecule has 2 aromatic rings. The van der Waals surface area contributed by atoms with Crippen molar-refractivity contribution < 1.29 is 9.59 Å². The maximum Gasteiger partial charge on any atom is 0.243 e. The number of anilines is 2. The van der Waals surface area contributed by atoms with Gasteiger partial charge in [-0.25, -0.2) is 0 Å². The number of allylic oxidation sites excluding steroid dienone is 1. The number of fused-ring (bicyclic) bond motifs is 3. The number of hydrogen-bond acceptors (Lipinski definition) is 5. The average molecular weight is 439 g/mol. The lowest BCUT2D eigenvalue weighted by Gasteiger charge is -2.34. The highest BCUT2D eigenvalue weighted by atomic mass is 35.5. The van der Waals surface area contributed by atoms with Crippen LogP contribution >= 0.6 is 11.6 Å². The van der Waals surface area contributed by atoms with Crippen LogP contribution in [0.3, 0.4) is 0 Å². The summed E-state index contributed by atoms with van der Waals surface area (Å²) in [7, 11) is 4.10. The van der Waals surface area contributed by atoms with Crippen LogP contribution in [0.2, 0.25) is 5.02 Å². The van der Waals surface area contributed by atoms with Crippen molar-refractivity contribution in [1.29, 1.82) is 0 Å². The Bertz CT molecular complexity index is 1020. The Balaban J connectivity index is 1.57. The van der Waals surface area contributed by atoms with Crippen LogP contribution in [0.15, 0.2) is 60.4 Å². The zero-order chi connectivity index (χ0) is 22.0. The van der Waals surface area contributed by atoms with E-state index in [0.717, 1.165) is 42.3 Å². The molecule has 2 aliphatic rings. The highest BCUT2D eigenvalue weighted by Gasteiger charge is 2.42. The van der Waals surface area contributed by atoms with Crippen molar-refractivity contribution >= 4 is 34.7 Å². The van der Waals surface area contributed by atoms with Crippen molar-refractivity contribution in [3.05, 3.63) is 71.0 Å². The molecule has 1 amide bonds. The lowest BCUT2D eigenvalue weighted by atomic mass is 10.0. The van der Waals surface area contributed by atoms with E-state index in [4.69, 9.17) is 11.6 Å². The lowest BCUT2D eigenvalue weighted by molar-refractivity contribution is -0.125. The zero-order valence-electron chi connectivity index (χ0n) is 17.8. The standard InChI is InChI=1S/C24H27ClN4O2/c1-27(2)12-7-13-28-20-10-5-6-11-21(20)29-22(14-18(30)15-23(28)29)24(31)26-16-17-8-3-4-9-19(17)25/h3-6,8-11,15,22H,7,12-14,16H2,1-2H3,(H,26,31). The van der Waals surface area contributed by atoms with Gasteiger partial charge in [0.2, 0.25) is 5.91 Å². The van der Waals surface area contributed by atoms with Gasteiger partial charge >= 0.3 is 0 Å². The van der Waals surface area contributed by atoms with Gasteiger partial charge in [-0.15, -0.1) is 0 Å². The fraction of sp³-hybridized carbons (Fsp3) is 0.333. The van der Waals surface area contributed by atoms with Crippen molar-refractivity contribution in [3.8, 4) is 0 Å². The summed E-state index contributed by atoms with van der Waals surface area (Å²) in [5.74, 6) is 0.576.